The Hall–Kier alpha value is -0.560. The fraction of sp³-hybridized carbons (Fsp3) is 0.810. The number of hydrogen-bond acceptors (Lipinski definition) is 1. The molecule has 2 saturated carbocycles. The topological polar surface area (TPSA) is 26.0 Å². The third-order valence-electron chi connectivity index (χ3n) is 7.50. The van der Waals surface area contributed by atoms with E-state index in [1.807, 2.05) is 0 Å². The van der Waals surface area contributed by atoms with Gasteiger partial charge in [-0.25, -0.2) is 0 Å². The molecule has 2 N–H and O–H groups in total. The van der Waals surface area contributed by atoms with Gasteiger partial charge < -0.3 is 5.73 Å². The summed E-state index contributed by atoms with van der Waals surface area (Å²) in [6.45, 7) is 18.3. The summed E-state index contributed by atoms with van der Waals surface area (Å²) in [5, 5.41) is 0. The first-order chi connectivity index (χ1) is 10.0. The quantitative estimate of drug-likeness (QED) is 0.661. The molecule has 0 bridgehead atoms. The monoisotopic (exact) mass is 303 g/mol. The van der Waals surface area contributed by atoms with E-state index in [9.17, 15) is 0 Å². The van der Waals surface area contributed by atoms with Crippen molar-refractivity contribution in [3.05, 3.63) is 24.3 Å². The molecule has 0 radical (unpaired) electrons. The van der Waals surface area contributed by atoms with Crippen molar-refractivity contribution in [2.75, 3.05) is 0 Å². The smallest absolute Gasteiger partial charge is 0.0157 e. The highest BCUT2D eigenvalue weighted by Gasteiger charge is 2.57. The van der Waals surface area contributed by atoms with Gasteiger partial charge in [0, 0.05) is 5.54 Å². The van der Waals surface area contributed by atoms with E-state index < -0.39 is 0 Å². The summed E-state index contributed by atoms with van der Waals surface area (Å²) in [5.74, 6) is 1.82. The van der Waals surface area contributed by atoms with E-state index in [4.69, 9.17) is 5.73 Å². The first-order valence-electron chi connectivity index (χ1n) is 9.18. The number of hydrogen-bond donors (Lipinski definition) is 1. The van der Waals surface area contributed by atoms with E-state index in [0.29, 0.717) is 22.7 Å². The molecule has 0 heterocycles. The molecule has 2 rings (SSSR count). The molecule has 2 aliphatic carbocycles. The first-order valence-corrected chi connectivity index (χ1v) is 9.18. The molecule has 2 fully saturated rings. The SMILES string of the molecule is C=C1CCCC2(C)[C@@H]([C@H](C)/C=C/C(C)C(C)(C)N)CC[C@@]12C. The number of nitrogens with two attached hydrogens (primary N) is 1. The Balaban J connectivity index is 2.16. The summed E-state index contributed by atoms with van der Waals surface area (Å²) in [6, 6.07) is 0. The predicted molar refractivity (Wildman–Crippen MR) is 97.7 cm³/mol. The lowest BCUT2D eigenvalue weighted by molar-refractivity contribution is 0.0461. The van der Waals surface area contributed by atoms with E-state index in [0.717, 1.165) is 5.92 Å². The lowest BCUT2D eigenvalue weighted by Gasteiger charge is -2.51. The van der Waals surface area contributed by atoms with Gasteiger partial charge in [0.15, 0.2) is 0 Å². The Labute approximate surface area is 138 Å². The second-order valence-electron chi connectivity index (χ2n) is 9.21. The largest absolute Gasteiger partial charge is 0.325 e. The zero-order valence-corrected chi connectivity index (χ0v) is 15.7. The molecule has 0 aliphatic heterocycles. The maximum Gasteiger partial charge on any atom is 0.0157 e. The van der Waals surface area contributed by atoms with Crippen molar-refractivity contribution in [3.8, 4) is 0 Å². The third kappa shape index (κ3) is 2.82. The van der Waals surface area contributed by atoms with E-state index >= 15 is 0 Å². The minimum absolute atomic E-state index is 0.135. The zero-order chi connectivity index (χ0) is 16.8. The van der Waals surface area contributed by atoms with Gasteiger partial charge in [-0.3, -0.25) is 0 Å². The van der Waals surface area contributed by atoms with Crippen molar-refractivity contribution >= 4 is 0 Å². The Morgan fingerprint density at radius 2 is 1.86 bits per heavy atom. The number of fused-ring (bicyclic) bond motifs is 1. The second-order valence-corrected chi connectivity index (χ2v) is 9.21. The summed E-state index contributed by atoms with van der Waals surface area (Å²) in [5.41, 5.74) is 8.38. The second kappa shape index (κ2) is 5.82. The van der Waals surface area contributed by atoms with Gasteiger partial charge in [0.25, 0.3) is 0 Å². The van der Waals surface area contributed by atoms with E-state index in [1.165, 1.54) is 37.7 Å². The first kappa shape index (κ1) is 17.8. The van der Waals surface area contributed by atoms with Crippen molar-refractivity contribution < 1.29 is 0 Å². The molecule has 0 amide bonds. The van der Waals surface area contributed by atoms with Crippen LogP contribution in [0.4, 0.5) is 0 Å². The standard InChI is InChI=1S/C21H37N/c1-15(10-11-16(2)19(4,5)22)18-12-14-20(6)17(3)9-8-13-21(18,20)7/h10-11,15-16,18H,3,8-9,12-14,22H2,1-2,4-7H3/b11-10+/t15-,16?,18-,20+,21?/m1/s1. The normalized spacial score (nSPS) is 39.0. The van der Waals surface area contributed by atoms with Crippen LogP contribution in [0.5, 0.6) is 0 Å². The molecule has 2 aliphatic rings. The molecule has 1 nitrogen and oxygen atoms in total. The highest BCUT2D eigenvalue weighted by atomic mass is 14.7. The van der Waals surface area contributed by atoms with Crippen LogP contribution in [0.2, 0.25) is 0 Å². The van der Waals surface area contributed by atoms with Crippen LogP contribution < -0.4 is 5.73 Å². The van der Waals surface area contributed by atoms with Crippen LogP contribution in [0, 0.1) is 28.6 Å². The molecule has 0 aromatic rings. The van der Waals surface area contributed by atoms with E-state index in [2.05, 4.69) is 60.3 Å². The van der Waals surface area contributed by atoms with Gasteiger partial charge in [-0.2, -0.15) is 0 Å². The fourth-order valence-corrected chi connectivity index (χ4v) is 5.01. The average Bonchev–Trinajstić information content (AvgIpc) is 2.69. The van der Waals surface area contributed by atoms with Gasteiger partial charge in [0.05, 0.1) is 0 Å². The van der Waals surface area contributed by atoms with E-state index in [-0.39, 0.29) is 5.54 Å². The predicted octanol–water partition coefficient (Wildman–Crippen LogP) is 5.71. The van der Waals surface area contributed by atoms with Crippen molar-refractivity contribution in [2.45, 2.75) is 79.2 Å². The minimum Gasteiger partial charge on any atom is -0.325 e. The highest BCUT2D eigenvalue weighted by molar-refractivity contribution is 5.23. The molecule has 2 unspecified atom stereocenters. The summed E-state index contributed by atoms with van der Waals surface area (Å²) in [4.78, 5) is 0. The molecule has 0 saturated heterocycles. The third-order valence-corrected chi connectivity index (χ3v) is 7.50. The Morgan fingerprint density at radius 3 is 2.45 bits per heavy atom. The van der Waals surface area contributed by atoms with Crippen LogP contribution >= 0.6 is 0 Å². The molecule has 0 spiro atoms. The van der Waals surface area contributed by atoms with Gasteiger partial charge in [-0.1, -0.05) is 52.0 Å². The van der Waals surface area contributed by atoms with Gasteiger partial charge >= 0.3 is 0 Å². The molecule has 22 heavy (non-hydrogen) atoms. The zero-order valence-electron chi connectivity index (χ0n) is 15.7. The van der Waals surface area contributed by atoms with Gasteiger partial charge in [0.2, 0.25) is 0 Å². The van der Waals surface area contributed by atoms with Crippen molar-refractivity contribution in [2.24, 2.45) is 34.3 Å². The summed E-state index contributed by atoms with van der Waals surface area (Å²) in [6.07, 6.45) is 11.4. The van der Waals surface area contributed by atoms with Crippen LogP contribution in [0.25, 0.3) is 0 Å². The molecule has 0 aromatic carbocycles. The minimum atomic E-state index is -0.135. The van der Waals surface area contributed by atoms with Crippen molar-refractivity contribution in [1.82, 2.24) is 0 Å². The average molecular weight is 304 g/mol. The summed E-state index contributed by atoms with van der Waals surface area (Å²) in [7, 11) is 0. The summed E-state index contributed by atoms with van der Waals surface area (Å²) < 4.78 is 0. The van der Waals surface area contributed by atoms with Crippen LogP contribution in [0.15, 0.2) is 24.3 Å². The van der Waals surface area contributed by atoms with Gasteiger partial charge in [-0.15, -0.1) is 0 Å². The molecule has 0 aromatic heterocycles. The molecule has 126 valence electrons. The van der Waals surface area contributed by atoms with Gasteiger partial charge in [0.1, 0.15) is 0 Å². The van der Waals surface area contributed by atoms with Gasteiger partial charge in [-0.05, 0) is 74.5 Å². The van der Waals surface area contributed by atoms with Crippen LogP contribution in [-0.2, 0) is 0 Å². The van der Waals surface area contributed by atoms with Crippen LogP contribution in [0.3, 0.4) is 0 Å². The Bertz CT molecular complexity index is 455. The fourth-order valence-electron chi connectivity index (χ4n) is 5.01. The maximum absolute atomic E-state index is 6.23. The Kier molecular flexibility index (Phi) is 4.70. The maximum atomic E-state index is 6.23. The highest BCUT2D eigenvalue weighted by Crippen LogP contribution is 2.66. The lowest BCUT2D eigenvalue weighted by Crippen LogP contribution is -2.42. The van der Waals surface area contributed by atoms with E-state index in [1.54, 1.807) is 0 Å². The number of allylic oxidation sites excluding steroid dienone is 2. The molecular formula is C21H37N. The van der Waals surface area contributed by atoms with Crippen LogP contribution in [-0.4, -0.2) is 5.54 Å². The molecular weight excluding hydrogens is 266 g/mol. The molecule has 5 atom stereocenters. The molecule has 1 heteroatoms. The van der Waals surface area contributed by atoms with Crippen molar-refractivity contribution in [3.63, 3.8) is 0 Å². The summed E-state index contributed by atoms with van der Waals surface area (Å²) >= 11 is 0. The number of rotatable bonds is 4. The Morgan fingerprint density at radius 1 is 1.23 bits per heavy atom. The van der Waals surface area contributed by atoms with Crippen LogP contribution in [0.1, 0.15) is 73.6 Å². The van der Waals surface area contributed by atoms with Crippen molar-refractivity contribution in [1.29, 1.82) is 0 Å². The lowest BCUT2D eigenvalue weighted by atomic mass is 9.54.